The molecular weight excluding hydrogens is 468 g/mol. The number of hydrogen-bond acceptors (Lipinski definition) is 4. The molecule has 0 amide bonds. The molecule has 0 spiro atoms. The maximum absolute atomic E-state index is 12.2. The highest BCUT2D eigenvalue weighted by Gasteiger charge is 2.05. The van der Waals surface area contributed by atoms with E-state index >= 15 is 0 Å². The van der Waals surface area contributed by atoms with Gasteiger partial charge in [-0.2, -0.15) is 10.2 Å². The number of rotatable bonds is 22. The number of carbonyl (C=O) groups is 1. The molecule has 4 nitrogen and oxygen atoms in total. The van der Waals surface area contributed by atoms with Gasteiger partial charge in [0.25, 0.3) is 0 Å². The molecule has 0 aromatic heterocycles. The zero-order valence-corrected chi connectivity index (χ0v) is 24.3. The molecule has 0 aliphatic heterocycles. The van der Waals surface area contributed by atoms with Crippen LogP contribution in [0.5, 0.6) is 5.75 Å². The summed E-state index contributed by atoms with van der Waals surface area (Å²) in [6, 6.07) is 15.6. The topological polar surface area (TPSA) is 51.0 Å². The van der Waals surface area contributed by atoms with Gasteiger partial charge in [0, 0.05) is 6.42 Å². The van der Waals surface area contributed by atoms with Crippen molar-refractivity contribution in [3.05, 3.63) is 54.1 Å². The molecule has 0 aliphatic rings. The van der Waals surface area contributed by atoms with Gasteiger partial charge in [-0.05, 0) is 61.2 Å². The summed E-state index contributed by atoms with van der Waals surface area (Å²) in [4.78, 5) is 12.2. The van der Waals surface area contributed by atoms with E-state index in [1.165, 1.54) is 102 Å². The highest BCUT2D eigenvalue weighted by molar-refractivity contribution is 5.72. The first-order valence-corrected chi connectivity index (χ1v) is 15.5. The Morgan fingerprint density at radius 3 is 1.47 bits per heavy atom. The molecule has 0 N–H and O–H groups in total. The molecule has 38 heavy (non-hydrogen) atoms. The molecule has 4 heteroatoms. The molecule has 0 fully saturated rings. The molecule has 0 atom stereocenters. The largest absolute Gasteiger partial charge is 0.427 e. The predicted octanol–water partition coefficient (Wildman–Crippen LogP) is 11.6. The van der Waals surface area contributed by atoms with Crippen molar-refractivity contribution in [2.75, 3.05) is 0 Å². The smallest absolute Gasteiger partial charge is 0.311 e. The van der Waals surface area contributed by atoms with Gasteiger partial charge < -0.3 is 4.74 Å². The second-order valence-electron chi connectivity index (χ2n) is 10.6. The highest BCUT2D eigenvalue weighted by Crippen LogP contribution is 2.23. The second-order valence-corrected chi connectivity index (χ2v) is 10.6. The van der Waals surface area contributed by atoms with E-state index in [1.807, 2.05) is 24.3 Å². The molecule has 210 valence electrons. The molecule has 0 radical (unpaired) electrons. The number of hydrogen-bond donors (Lipinski definition) is 0. The lowest BCUT2D eigenvalue weighted by molar-refractivity contribution is -0.134. The molecule has 2 rings (SSSR count). The zero-order valence-electron chi connectivity index (χ0n) is 24.3. The van der Waals surface area contributed by atoms with Gasteiger partial charge in [0.15, 0.2) is 0 Å². The van der Waals surface area contributed by atoms with Crippen LogP contribution < -0.4 is 4.74 Å². The van der Waals surface area contributed by atoms with Crippen LogP contribution in [0.2, 0.25) is 0 Å². The van der Waals surface area contributed by atoms with E-state index in [0.29, 0.717) is 12.2 Å². The fourth-order valence-corrected chi connectivity index (χ4v) is 4.65. The lowest BCUT2D eigenvalue weighted by atomic mass is 10.0. The minimum Gasteiger partial charge on any atom is -0.427 e. The molecule has 0 bridgehead atoms. The summed E-state index contributed by atoms with van der Waals surface area (Å²) < 4.78 is 5.49. The van der Waals surface area contributed by atoms with E-state index in [1.54, 1.807) is 12.1 Å². The molecular formula is C34H52N2O2. The number of unbranched alkanes of at least 4 members (excludes halogenated alkanes) is 15. The van der Waals surface area contributed by atoms with Crippen LogP contribution in [0.4, 0.5) is 11.4 Å². The minimum absolute atomic E-state index is 0.156. The number of ether oxygens (including phenoxy) is 1. The molecule has 0 saturated carbocycles. The van der Waals surface area contributed by atoms with Gasteiger partial charge in [0.05, 0.1) is 11.4 Å². The maximum atomic E-state index is 12.2. The SMILES string of the molecule is CCCCCCCCCCCCCC(=O)Oc1ccc(N=Nc2ccc(CCCCCCCC)cc2)cc1. The fourth-order valence-electron chi connectivity index (χ4n) is 4.65. The molecule has 0 heterocycles. The van der Waals surface area contributed by atoms with Crippen LogP contribution in [0, 0.1) is 0 Å². The number of nitrogens with zero attached hydrogens (tertiary/aromatic N) is 2. The van der Waals surface area contributed by atoms with Crippen LogP contribution in [0.3, 0.4) is 0 Å². The van der Waals surface area contributed by atoms with Crippen LogP contribution >= 0.6 is 0 Å². The summed E-state index contributed by atoms with van der Waals surface area (Å²) in [6.45, 7) is 4.52. The molecule has 0 saturated heterocycles. The Labute approximate surface area is 232 Å². The van der Waals surface area contributed by atoms with E-state index in [-0.39, 0.29) is 5.97 Å². The predicted molar refractivity (Wildman–Crippen MR) is 161 cm³/mol. The molecule has 2 aromatic carbocycles. The summed E-state index contributed by atoms with van der Waals surface area (Å²) in [6.07, 6.45) is 23.5. The summed E-state index contributed by atoms with van der Waals surface area (Å²) in [5.41, 5.74) is 2.95. The number of benzene rings is 2. The van der Waals surface area contributed by atoms with Crippen molar-refractivity contribution in [2.24, 2.45) is 10.2 Å². The van der Waals surface area contributed by atoms with Crippen LogP contribution in [-0.4, -0.2) is 5.97 Å². The third kappa shape index (κ3) is 15.7. The van der Waals surface area contributed by atoms with Gasteiger partial charge in [-0.25, -0.2) is 0 Å². The Bertz CT molecular complexity index is 874. The first-order valence-electron chi connectivity index (χ1n) is 15.5. The third-order valence-electron chi connectivity index (χ3n) is 7.09. The normalized spacial score (nSPS) is 11.3. The summed E-state index contributed by atoms with van der Waals surface area (Å²) in [5, 5.41) is 8.67. The van der Waals surface area contributed by atoms with Crippen molar-refractivity contribution in [3.8, 4) is 5.75 Å². The van der Waals surface area contributed by atoms with Crippen molar-refractivity contribution >= 4 is 17.3 Å². The van der Waals surface area contributed by atoms with Crippen molar-refractivity contribution < 1.29 is 9.53 Å². The Kier molecular flexibility index (Phi) is 17.9. The van der Waals surface area contributed by atoms with Gasteiger partial charge in [-0.1, -0.05) is 122 Å². The second kappa shape index (κ2) is 21.4. The van der Waals surface area contributed by atoms with Gasteiger partial charge in [0.2, 0.25) is 0 Å². The Morgan fingerprint density at radius 1 is 0.553 bits per heavy atom. The highest BCUT2D eigenvalue weighted by atomic mass is 16.5. The van der Waals surface area contributed by atoms with Gasteiger partial charge in [-0.3, -0.25) is 4.79 Å². The molecule has 0 unspecified atom stereocenters. The standard InChI is InChI=1S/C34H52N2O2/c1-3-5-7-9-11-12-13-14-15-17-19-21-34(37)38-33-28-26-32(27-29-33)36-35-31-24-22-30(23-25-31)20-18-16-10-8-6-4-2/h22-29H,3-21H2,1-2H3. The van der Waals surface area contributed by atoms with Crippen LogP contribution in [0.15, 0.2) is 58.8 Å². The summed E-state index contributed by atoms with van der Waals surface area (Å²) in [5.74, 6) is 0.410. The first kappa shape index (κ1) is 31.7. The quantitative estimate of drug-likeness (QED) is 0.0670. The molecule has 2 aromatic rings. The van der Waals surface area contributed by atoms with Crippen molar-refractivity contribution in [2.45, 2.75) is 136 Å². The van der Waals surface area contributed by atoms with Crippen molar-refractivity contribution in [1.82, 2.24) is 0 Å². The summed E-state index contributed by atoms with van der Waals surface area (Å²) in [7, 11) is 0. The van der Waals surface area contributed by atoms with Crippen LogP contribution in [-0.2, 0) is 11.2 Å². The number of esters is 1. The Hall–Kier alpha value is -2.49. The van der Waals surface area contributed by atoms with Gasteiger partial charge >= 0.3 is 5.97 Å². The van der Waals surface area contributed by atoms with E-state index < -0.39 is 0 Å². The van der Waals surface area contributed by atoms with E-state index in [0.717, 1.165) is 30.6 Å². The van der Waals surface area contributed by atoms with E-state index in [2.05, 4.69) is 36.2 Å². The lowest BCUT2D eigenvalue weighted by Crippen LogP contribution is -2.07. The van der Waals surface area contributed by atoms with Crippen LogP contribution in [0.1, 0.15) is 135 Å². The monoisotopic (exact) mass is 520 g/mol. The van der Waals surface area contributed by atoms with E-state index in [4.69, 9.17) is 4.74 Å². The Morgan fingerprint density at radius 2 is 0.974 bits per heavy atom. The first-order chi connectivity index (χ1) is 18.7. The van der Waals surface area contributed by atoms with Crippen molar-refractivity contribution in [3.63, 3.8) is 0 Å². The Balaban J connectivity index is 1.57. The third-order valence-corrected chi connectivity index (χ3v) is 7.09. The number of azo groups is 1. The number of carbonyl (C=O) groups excluding carboxylic acids is 1. The average molecular weight is 521 g/mol. The number of aryl methyl sites for hydroxylation is 1. The average Bonchev–Trinajstić information content (AvgIpc) is 2.94. The molecule has 0 aliphatic carbocycles. The fraction of sp³-hybridized carbons (Fsp3) is 0.618. The zero-order chi connectivity index (χ0) is 27.1. The van der Waals surface area contributed by atoms with Gasteiger partial charge in [-0.15, -0.1) is 0 Å². The maximum Gasteiger partial charge on any atom is 0.311 e. The summed E-state index contributed by atoms with van der Waals surface area (Å²) >= 11 is 0. The van der Waals surface area contributed by atoms with Crippen LogP contribution in [0.25, 0.3) is 0 Å². The van der Waals surface area contributed by atoms with Crippen molar-refractivity contribution in [1.29, 1.82) is 0 Å². The lowest BCUT2D eigenvalue weighted by Gasteiger charge is -2.05. The van der Waals surface area contributed by atoms with E-state index in [9.17, 15) is 4.79 Å². The minimum atomic E-state index is -0.156. The van der Waals surface area contributed by atoms with Gasteiger partial charge in [0.1, 0.15) is 5.75 Å².